The largest absolute Gasteiger partial charge is 0.495 e. The Balaban J connectivity index is 1.93. The Morgan fingerprint density at radius 1 is 1.07 bits per heavy atom. The smallest absolute Gasteiger partial charge is 0.399 e. The molecule has 9 heteroatoms. The summed E-state index contributed by atoms with van der Waals surface area (Å²) in [6.07, 6.45) is 1.24. The molecule has 1 fully saturated rings. The number of anilines is 1. The van der Waals surface area contributed by atoms with Gasteiger partial charge in [0.25, 0.3) is 11.5 Å². The third kappa shape index (κ3) is 3.56. The molecule has 1 aromatic carbocycles. The average molecular weight is 399 g/mol. The molecule has 1 aliphatic rings. The monoisotopic (exact) mass is 399 g/mol. The summed E-state index contributed by atoms with van der Waals surface area (Å²) in [4.78, 5) is 36.9. The number of nitrogens with one attached hydrogen (secondary N) is 1. The van der Waals surface area contributed by atoms with Crippen LogP contribution in [0.1, 0.15) is 43.6 Å². The van der Waals surface area contributed by atoms with Crippen LogP contribution in [-0.2, 0) is 23.4 Å². The lowest BCUT2D eigenvalue weighted by Crippen LogP contribution is -2.41. The van der Waals surface area contributed by atoms with Gasteiger partial charge >= 0.3 is 12.8 Å². The summed E-state index contributed by atoms with van der Waals surface area (Å²) in [6, 6.07) is 5.43. The molecule has 1 aliphatic heterocycles. The van der Waals surface area contributed by atoms with Crippen molar-refractivity contribution in [2.24, 2.45) is 14.1 Å². The predicted octanol–water partition coefficient (Wildman–Crippen LogP) is 0.944. The summed E-state index contributed by atoms with van der Waals surface area (Å²) >= 11 is 0. The first-order valence-electron chi connectivity index (χ1n) is 9.39. The van der Waals surface area contributed by atoms with Gasteiger partial charge in [0.05, 0.1) is 11.2 Å². The summed E-state index contributed by atoms with van der Waals surface area (Å²) in [5.41, 5.74) is -0.103. The van der Waals surface area contributed by atoms with Gasteiger partial charge in [0.1, 0.15) is 5.56 Å². The van der Waals surface area contributed by atoms with Crippen LogP contribution in [0.15, 0.2) is 34.0 Å². The average Bonchev–Trinajstić information content (AvgIpc) is 2.85. The van der Waals surface area contributed by atoms with E-state index < -0.39 is 35.5 Å². The summed E-state index contributed by atoms with van der Waals surface area (Å²) < 4.78 is 14.3. The van der Waals surface area contributed by atoms with E-state index in [2.05, 4.69) is 5.32 Å². The number of hydrogen-bond acceptors (Lipinski definition) is 5. The van der Waals surface area contributed by atoms with Crippen molar-refractivity contribution in [1.29, 1.82) is 0 Å². The van der Waals surface area contributed by atoms with Gasteiger partial charge in [-0.25, -0.2) is 4.79 Å². The highest BCUT2D eigenvalue weighted by Gasteiger charge is 2.52. The van der Waals surface area contributed by atoms with Crippen LogP contribution in [-0.4, -0.2) is 33.4 Å². The van der Waals surface area contributed by atoms with Gasteiger partial charge in [-0.2, -0.15) is 0 Å². The van der Waals surface area contributed by atoms with Crippen molar-refractivity contribution in [3.8, 4) is 0 Å². The highest BCUT2D eigenvalue weighted by Crippen LogP contribution is 2.37. The van der Waals surface area contributed by atoms with E-state index in [-0.39, 0.29) is 5.56 Å². The Morgan fingerprint density at radius 3 is 2.24 bits per heavy atom. The second-order valence-electron chi connectivity index (χ2n) is 8.36. The lowest BCUT2D eigenvalue weighted by atomic mass is 9.76. The van der Waals surface area contributed by atoms with Gasteiger partial charge in [0.15, 0.2) is 0 Å². The van der Waals surface area contributed by atoms with Crippen LogP contribution in [0.2, 0.25) is 0 Å². The number of carbonyl (C=O) groups excluding carboxylic acids is 1. The summed E-state index contributed by atoms with van der Waals surface area (Å²) in [6.45, 7) is 9.76. The molecular formula is C20H26BN3O5. The highest BCUT2D eigenvalue weighted by atomic mass is 16.7. The van der Waals surface area contributed by atoms with Gasteiger partial charge in [0, 0.05) is 26.0 Å². The van der Waals surface area contributed by atoms with Crippen LogP contribution in [0.3, 0.4) is 0 Å². The molecule has 0 bridgehead atoms. The maximum Gasteiger partial charge on any atom is 0.495 e. The van der Waals surface area contributed by atoms with Crippen molar-refractivity contribution < 1.29 is 14.1 Å². The fourth-order valence-electron chi connectivity index (χ4n) is 3.17. The molecule has 0 unspecified atom stereocenters. The van der Waals surface area contributed by atoms with E-state index in [9.17, 15) is 14.4 Å². The van der Waals surface area contributed by atoms with Crippen molar-refractivity contribution >= 4 is 24.2 Å². The number of benzene rings is 1. The molecule has 0 aliphatic carbocycles. The first-order chi connectivity index (χ1) is 13.4. The number of amides is 1. The maximum absolute atomic E-state index is 12.7. The first-order valence-corrected chi connectivity index (χ1v) is 9.39. The number of hydrogen-bond donors (Lipinski definition) is 1. The van der Waals surface area contributed by atoms with Crippen LogP contribution in [0.25, 0.3) is 0 Å². The van der Waals surface area contributed by atoms with E-state index >= 15 is 0 Å². The van der Waals surface area contributed by atoms with Crippen molar-refractivity contribution in [1.82, 2.24) is 9.13 Å². The third-order valence-electron chi connectivity index (χ3n) is 5.82. The molecule has 2 heterocycles. The number of rotatable bonds is 3. The second kappa shape index (κ2) is 7.00. The van der Waals surface area contributed by atoms with E-state index in [1.165, 1.54) is 24.9 Å². The molecule has 0 radical (unpaired) electrons. The Bertz CT molecular complexity index is 1080. The van der Waals surface area contributed by atoms with Crippen LogP contribution in [0.5, 0.6) is 0 Å². The molecule has 1 aromatic heterocycles. The molecule has 0 saturated carbocycles. The standard InChI is InChI=1S/C20H26BN3O5/c1-12-14(21-28-19(2,3)20(4,5)29-21)9-8-10-15(12)22-16(25)13-11-23(6)18(27)24(7)17(13)26/h8-11H,1-7H3,(H,22,25). The Kier molecular flexibility index (Phi) is 5.09. The van der Waals surface area contributed by atoms with E-state index in [1.54, 1.807) is 12.1 Å². The topological polar surface area (TPSA) is 91.6 Å². The van der Waals surface area contributed by atoms with Gasteiger partial charge in [-0.3, -0.25) is 14.2 Å². The molecule has 0 spiro atoms. The number of carbonyl (C=O) groups is 1. The molecule has 1 N–H and O–H groups in total. The van der Waals surface area contributed by atoms with Crippen molar-refractivity contribution in [2.45, 2.75) is 45.8 Å². The quantitative estimate of drug-likeness (QED) is 0.776. The van der Waals surface area contributed by atoms with Crippen LogP contribution < -0.4 is 22.0 Å². The van der Waals surface area contributed by atoms with Crippen molar-refractivity contribution in [3.63, 3.8) is 0 Å². The SMILES string of the molecule is Cc1c(NC(=O)c2cn(C)c(=O)n(C)c2=O)cccc1B1OC(C)(C)C(C)(C)O1. The summed E-state index contributed by atoms with van der Waals surface area (Å²) in [5.74, 6) is -0.588. The Hall–Kier alpha value is -2.65. The van der Waals surface area contributed by atoms with Gasteiger partial charge in [-0.05, 0) is 51.7 Å². The first kappa shape index (κ1) is 21.1. The molecular weight excluding hydrogens is 373 g/mol. The molecule has 1 amide bonds. The molecule has 1 saturated heterocycles. The molecule has 2 aromatic rings. The zero-order valence-corrected chi connectivity index (χ0v) is 17.8. The minimum absolute atomic E-state index is 0.116. The summed E-state index contributed by atoms with van der Waals surface area (Å²) in [7, 11) is 2.26. The number of nitrogens with zero attached hydrogens (tertiary/aromatic N) is 2. The molecule has 154 valence electrons. The summed E-state index contributed by atoms with van der Waals surface area (Å²) in [5, 5.41) is 2.77. The van der Waals surface area contributed by atoms with E-state index in [4.69, 9.17) is 9.31 Å². The van der Waals surface area contributed by atoms with Gasteiger partial charge in [-0.1, -0.05) is 12.1 Å². The van der Waals surface area contributed by atoms with Crippen LogP contribution >= 0.6 is 0 Å². The lowest BCUT2D eigenvalue weighted by Gasteiger charge is -2.32. The van der Waals surface area contributed by atoms with Crippen LogP contribution in [0, 0.1) is 6.92 Å². The zero-order chi connectivity index (χ0) is 21.7. The fourth-order valence-corrected chi connectivity index (χ4v) is 3.17. The lowest BCUT2D eigenvalue weighted by molar-refractivity contribution is 0.00578. The second-order valence-corrected chi connectivity index (χ2v) is 8.36. The molecule has 0 atom stereocenters. The molecule has 29 heavy (non-hydrogen) atoms. The zero-order valence-electron chi connectivity index (χ0n) is 17.8. The third-order valence-corrected chi connectivity index (χ3v) is 5.82. The van der Waals surface area contributed by atoms with E-state index in [1.807, 2.05) is 40.7 Å². The minimum Gasteiger partial charge on any atom is -0.399 e. The van der Waals surface area contributed by atoms with E-state index in [0.29, 0.717) is 5.69 Å². The normalized spacial score (nSPS) is 17.4. The Labute approximate surface area is 169 Å². The number of aryl methyl sites for hydroxylation is 1. The van der Waals surface area contributed by atoms with E-state index in [0.717, 1.165) is 15.6 Å². The number of aromatic nitrogens is 2. The molecule has 8 nitrogen and oxygen atoms in total. The maximum atomic E-state index is 12.7. The van der Waals surface area contributed by atoms with Crippen molar-refractivity contribution in [2.75, 3.05) is 5.32 Å². The van der Waals surface area contributed by atoms with Crippen molar-refractivity contribution in [3.05, 3.63) is 56.4 Å². The predicted molar refractivity (Wildman–Crippen MR) is 112 cm³/mol. The Morgan fingerprint density at radius 2 is 1.66 bits per heavy atom. The van der Waals surface area contributed by atoms with Gasteiger partial charge < -0.3 is 19.2 Å². The fraction of sp³-hybridized carbons (Fsp3) is 0.450. The van der Waals surface area contributed by atoms with Crippen LogP contribution in [0.4, 0.5) is 5.69 Å². The van der Waals surface area contributed by atoms with Gasteiger partial charge in [0.2, 0.25) is 0 Å². The van der Waals surface area contributed by atoms with Gasteiger partial charge in [-0.15, -0.1) is 0 Å². The highest BCUT2D eigenvalue weighted by molar-refractivity contribution is 6.62. The molecule has 3 rings (SSSR count). The minimum atomic E-state index is -0.648.